The van der Waals surface area contributed by atoms with Crippen molar-refractivity contribution in [2.45, 2.75) is 18.9 Å². The number of hydrogen-bond donors (Lipinski definition) is 2. The Kier molecular flexibility index (Phi) is 4.19. The van der Waals surface area contributed by atoms with Gasteiger partial charge in [0, 0.05) is 23.2 Å². The number of benzene rings is 1. The van der Waals surface area contributed by atoms with Crippen LogP contribution >= 0.6 is 11.6 Å². The van der Waals surface area contributed by atoms with E-state index >= 15 is 0 Å². The summed E-state index contributed by atoms with van der Waals surface area (Å²) in [5.74, 6) is 0.678. The topological polar surface area (TPSA) is 78.6 Å². The molecular weight excluding hydrogens is 340 g/mol. The van der Waals surface area contributed by atoms with Crippen LogP contribution in [-0.2, 0) is 0 Å². The van der Waals surface area contributed by atoms with Gasteiger partial charge >= 0.3 is 0 Å². The fourth-order valence-electron chi connectivity index (χ4n) is 3.30. The molecule has 2 N–H and O–H groups in total. The molecule has 7 nitrogen and oxygen atoms in total. The Morgan fingerprint density at radius 1 is 1.28 bits per heavy atom. The van der Waals surface area contributed by atoms with Gasteiger partial charge < -0.3 is 15.3 Å². The molecule has 1 aliphatic heterocycles. The lowest BCUT2D eigenvalue weighted by molar-refractivity contribution is 0.260. The number of phenolic OH excluding ortho intramolecular Hbond substituents is 1. The lowest BCUT2D eigenvalue weighted by Crippen LogP contribution is -2.40. The number of nitrogens with one attached hydrogen (secondary N) is 1. The van der Waals surface area contributed by atoms with Gasteiger partial charge in [-0.2, -0.15) is 9.61 Å². The zero-order valence-electron chi connectivity index (χ0n) is 13.9. The van der Waals surface area contributed by atoms with Crippen LogP contribution in [0.15, 0.2) is 30.5 Å². The van der Waals surface area contributed by atoms with E-state index in [2.05, 4.69) is 32.6 Å². The van der Waals surface area contributed by atoms with Gasteiger partial charge in [0.1, 0.15) is 11.4 Å². The summed E-state index contributed by atoms with van der Waals surface area (Å²) in [6.45, 7) is 2.08. The fourth-order valence-corrected chi connectivity index (χ4v) is 3.46. The second-order valence-corrected chi connectivity index (χ2v) is 6.84. The first kappa shape index (κ1) is 16.1. The van der Waals surface area contributed by atoms with Crippen LogP contribution < -0.4 is 5.32 Å². The third kappa shape index (κ3) is 3.12. The van der Waals surface area contributed by atoms with Gasteiger partial charge in [0.2, 0.25) is 5.95 Å². The molecule has 1 atom stereocenters. The summed E-state index contributed by atoms with van der Waals surface area (Å²) in [5.41, 5.74) is 1.92. The first-order chi connectivity index (χ1) is 12.1. The number of phenols is 1. The number of fused-ring (bicyclic) bond motifs is 1. The van der Waals surface area contributed by atoms with Crippen molar-refractivity contribution in [1.29, 1.82) is 0 Å². The molecule has 0 radical (unpaired) electrons. The molecule has 1 fully saturated rings. The van der Waals surface area contributed by atoms with Crippen molar-refractivity contribution in [2.24, 2.45) is 0 Å². The van der Waals surface area contributed by atoms with Gasteiger partial charge in [-0.25, -0.2) is 0 Å². The molecule has 25 heavy (non-hydrogen) atoms. The SMILES string of the molecule is CN1CCC[C@@H](Nc2nnc(-c3ccc(Cl)cc3O)c3ccnn23)C1. The standard InChI is InChI=1S/C17H19ClN6O/c1-23-8-2-3-12(10-23)20-17-22-21-16(14-6-7-19-24(14)17)13-5-4-11(18)9-15(13)25/h4-7,9,12,25H,2-3,8,10H2,1H3,(H,20,22)/t12-/m1/s1. The Hall–Kier alpha value is -2.38. The highest BCUT2D eigenvalue weighted by atomic mass is 35.5. The number of rotatable bonds is 3. The number of piperidine rings is 1. The third-order valence-corrected chi connectivity index (χ3v) is 4.74. The molecule has 0 aliphatic carbocycles. The Morgan fingerprint density at radius 3 is 2.96 bits per heavy atom. The lowest BCUT2D eigenvalue weighted by atomic mass is 10.1. The Labute approximate surface area is 150 Å². The largest absolute Gasteiger partial charge is 0.507 e. The second-order valence-electron chi connectivity index (χ2n) is 6.41. The van der Waals surface area contributed by atoms with E-state index in [9.17, 15) is 5.11 Å². The van der Waals surface area contributed by atoms with Crippen molar-refractivity contribution in [1.82, 2.24) is 24.7 Å². The maximum Gasteiger partial charge on any atom is 0.244 e. The first-order valence-electron chi connectivity index (χ1n) is 8.26. The van der Waals surface area contributed by atoms with Crippen LogP contribution in [0.5, 0.6) is 5.75 Å². The highest BCUT2D eigenvalue weighted by Crippen LogP contribution is 2.33. The fraction of sp³-hybridized carbons (Fsp3) is 0.353. The molecule has 1 saturated heterocycles. The summed E-state index contributed by atoms with van der Waals surface area (Å²) in [6.07, 6.45) is 3.95. The zero-order valence-corrected chi connectivity index (χ0v) is 14.6. The number of likely N-dealkylation sites (N-methyl/N-ethyl adjacent to an activating group) is 1. The number of hydrogen-bond acceptors (Lipinski definition) is 6. The van der Waals surface area contributed by atoms with Crippen LogP contribution in [0.25, 0.3) is 16.8 Å². The van der Waals surface area contributed by atoms with Crippen molar-refractivity contribution in [3.8, 4) is 17.0 Å². The molecule has 0 unspecified atom stereocenters. The Morgan fingerprint density at radius 2 is 2.16 bits per heavy atom. The van der Waals surface area contributed by atoms with Crippen molar-refractivity contribution in [3.05, 3.63) is 35.5 Å². The van der Waals surface area contributed by atoms with E-state index in [1.54, 1.807) is 22.8 Å². The molecule has 0 bridgehead atoms. The smallest absolute Gasteiger partial charge is 0.244 e. The average molecular weight is 359 g/mol. The molecule has 3 heterocycles. The van der Waals surface area contributed by atoms with Crippen LogP contribution in [0, 0.1) is 0 Å². The van der Waals surface area contributed by atoms with Gasteiger partial charge in [-0.1, -0.05) is 11.6 Å². The minimum atomic E-state index is 0.0690. The molecule has 8 heteroatoms. The number of halogens is 1. The summed E-state index contributed by atoms with van der Waals surface area (Å²) in [7, 11) is 2.12. The molecule has 0 saturated carbocycles. The van der Waals surface area contributed by atoms with Gasteiger partial charge in [0.25, 0.3) is 0 Å². The highest BCUT2D eigenvalue weighted by molar-refractivity contribution is 6.30. The minimum Gasteiger partial charge on any atom is -0.507 e. The van der Waals surface area contributed by atoms with Crippen molar-refractivity contribution >= 4 is 23.1 Å². The third-order valence-electron chi connectivity index (χ3n) is 4.50. The second kappa shape index (κ2) is 6.50. The minimum absolute atomic E-state index is 0.0690. The van der Waals surface area contributed by atoms with Gasteiger partial charge in [-0.15, -0.1) is 10.2 Å². The monoisotopic (exact) mass is 358 g/mol. The predicted molar refractivity (Wildman–Crippen MR) is 97.0 cm³/mol. The Balaban J connectivity index is 1.71. The molecule has 2 aromatic heterocycles. The molecule has 4 rings (SSSR count). The van der Waals surface area contributed by atoms with E-state index in [0.29, 0.717) is 28.3 Å². The van der Waals surface area contributed by atoms with Gasteiger partial charge in [-0.3, -0.25) is 0 Å². The molecule has 130 valence electrons. The number of likely N-dealkylation sites (tertiary alicyclic amines) is 1. The molecule has 0 amide bonds. The summed E-state index contributed by atoms with van der Waals surface area (Å²) in [4.78, 5) is 2.30. The summed E-state index contributed by atoms with van der Waals surface area (Å²) < 4.78 is 1.73. The van der Waals surface area contributed by atoms with Crippen LogP contribution in [0.4, 0.5) is 5.95 Å². The van der Waals surface area contributed by atoms with Crippen molar-refractivity contribution in [3.63, 3.8) is 0 Å². The van der Waals surface area contributed by atoms with E-state index in [0.717, 1.165) is 31.4 Å². The number of aromatic hydroxyl groups is 1. The van der Waals surface area contributed by atoms with E-state index < -0.39 is 0 Å². The van der Waals surface area contributed by atoms with E-state index in [1.807, 2.05) is 6.07 Å². The van der Waals surface area contributed by atoms with Gasteiger partial charge in [0.05, 0.1) is 11.7 Å². The van der Waals surface area contributed by atoms with E-state index in [-0.39, 0.29) is 5.75 Å². The van der Waals surface area contributed by atoms with Crippen LogP contribution in [0.1, 0.15) is 12.8 Å². The number of anilines is 1. The average Bonchev–Trinajstić information content (AvgIpc) is 3.06. The van der Waals surface area contributed by atoms with E-state index in [4.69, 9.17) is 11.6 Å². The zero-order chi connectivity index (χ0) is 17.4. The summed E-state index contributed by atoms with van der Waals surface area (Å²) in [6, 6.07) is 7.12. The maximum atomic E-state index is 10.2. The molecule has 0 spiro atoms. The predicted octanol–water partition coefficient (Wildman–Crippen LogP) is 2.66. The van der Waals surface area contributed by atoms with Crippen LogP contribution in [0.2, 0.25) is 5.02 Å². The van der Waals surface area contributed by atoms with Gasteiger partial charge in [-0.05, 0) is 50.7 Å². The Bertz CT molecular complexity index is 911. The normalized spacial score (nSPS) is 18.6. The highest BCUT2D eigenvalue weighted by Gasteiger charge is 2.20. The lowest BCUT2D eigenvalue weighted by Gasteiger charge is -2.30. The van der Waals surface area contributed by atoms with Gasteiger partial charge in [0.15, 0.2) is 0 Å². The molecule has 1 aliphatic rings. The maximum absolute atomic E-state index is 10.2. The molecular formula is C17H19ClN6O. The van der Waals surface area contributed by atoms with Crippen molar-refractivity contribution in [2.75, 3.05) is 25.5 Å². The molecule has 3 aromatic rings. The van der Waals surface area contributed by atoms with Crippen LogP contribution in [-0.4, -0.2) is 56.0 Å². The van der Waals surface area contributed by atoms with Crippen LogP contribution in [0.3, 0.4) is 0 Å². The van der Waals surface area contributed by atoms with E-state index in [1.165, 1.54) is 6.07 Å². The number of nitrogens with zero attached hydrogens (tertiary/aromatic N) is 5. The summed E-state index contributed by atoms with van der Waals surface area (Å²) in [5, 5.41) is 27.1. The van der Waals surface area contributed by atoms with Crippen molar-refractivity contribution < 1.29 is 5.11 Å². The number of aromatic nitrogens is 4. The quantitative estimate of drug-likeness (QED) is 0.749. The first-order valence-corrected chi connectivity index (χ1v) is 8.64. The summed E-state index contributed by atoms with van der Waals surface area (Å²) >= 11 is 5.92. The molecule has 1 aromatic carbocycles.